The third-order valence-electron chi connectivity index (χ3n) is 2.89. The molecule has 3 heteroatoms. The molecule has 0 aliphatic heterocycles. The van der Waals surface area contributed by atoms with Gasteiger partial charge in [-0.3, -0.25) is 4.79 Å². The molecule has 0 aliphatic carbocycles. The van der Waals surface area contributed by atoms with Crippen molar-refractivity contribution in [2.24, 2.45) is 0 Å². The Morgan fingerprint density at radius 1 is 1.29 bits per heavy atom. The van der Waals surface area contributed by atoms with E-state index < -0.39 is 0 Å². The molecular weight excluding hydrogens is 214 g/mol. The Balaban J connectivity index is 2.86. The van der Waals surface area contributed by atoms with Crippen molar-refractivity contribution in [1.29, 1.82) is 0 Å². The molecule has 17 heavy (non-hydrogen) atoms. The third-order valence-corrected chi connectivity index (χ3v) is 2.89. The normalized spacial score (nSPS) is 10.1. The zero-order chi connectivity index (χ0) is 12.8. The molecule has 1 aromatic carbocycles. The van der Waals surface area contributed by atoms with E-state index in [0.717, 1.165) is 30.0 Å². The number of likely N-dealkylation sites (N-methyl/N-ethyl adjacent to an activating group) is 1. The summed E-state index contributed by atoms with van der Waals surface area (Å²) in [7, 11) is 1.63. The van der Waals surface area contributed by atoms with Crippen molar-refractivity contribution in [2.75, 3.05) is 20.2 Å². The molecule has 3 nitrogen and oxygen atoms in total. The van der Waals surface area contributed by atoms with Crippen LogP contribution < -0.4 is 4.74 Å². The van der Waals surface area contributed by atoms with E-state index in [4.69, 9.17) is 4.74 Å². The predicted octanol–water partition coefficient (Wildman–Crippen LogP) is 2.41. The SMILES string of the molecule is CCN(CC)C(=O)Cc1cc(C)ccc1OC. The summed E-state index contributed by atoms with van der Waals surface area (Å²) in [5.74, 6) is 0.940. The number of benzene rings is 1. The summed E-state index contributed by atoms with van der Waals surface area (Å²) in [5.41, 5.74) is 2.11. The Hall–Kier alpha value is -1.51. The van der Waals surface area contributed by atoms with Crippen LogP contribution in [0.1, 0.15) is 25.0 Å². The molecule has 0 aliphatic rings. The van der Waals surface area contributed by atoms with E-state index in [1.54, 1.807) is 7.11 Å². The van der Waals surface area contributed by atoms with Crippen LogP contribution in [0.25, 0.3) is 0 Å². The minimum absolute atomic E-state index is 0.152. The van der Waals surface area contributed by atoms with Gasteiger partial charge in [0.2, 0.25) is 5.91 Å². The first kappa shape index (κ1) is 13.6. The number of carbonyl (C=O) groups excluding carboxylic acids is 1. The summed E-state index contributed by atoms with van der Waals surface area (Å²) >= 11 is 0. The van der Waals surface area contributed by atoms with Gasteiger partial charge in [-0.25, -0.2) is 0 Å². The van der Waals surface area contributed by atoms with Crippen LogP contribution in [0.3, 0.4) is 0 Å². The van der Waals surface area contributed by atoms with E-state index in [-0.39, 0.29) is 5.91 Å². The zero-order valence-corrected chi connectivity index (χ0v) is 11.1. The Kier molecular flexibility index (Phi) is 5.01. The number of ether oxygens (including phenoxy) is 1. The van der Waals surface area contributed by atoms with Crippen molar-refractivity contribution in [3.8, 4) is 5.75 Å². The highest BCUT2D eigenvalue weighted by Crippen LogP contribution is 2.20. The first-order valence-corrected chi connectivity index (χ1v) is 6.03. The van der Waals surface area contributed by atoms with Gasteiger partial charge in [0.25, 0.3) is 0 Å². The second-order valence-electron chi connectivity index (χ2n) is 4.06. The van der Waals surface area contributed by atoms with Crippen molar-refractivity contribution >= 4 is 5.91 Å². The lowest BCUT2D eigenvalue weighted by atomic mass is 10.1. The van der Waals surface area contributed by atoms with Crippen molar-refractivity contribution in [3.63, 3.8) is 0 Å². The van der Waals surface area contributed by atoms with Crippen LogP contribution in [0.5, 0.6) is 5.75 Å². The van der Waals surface area contributed by atoms with E-state index in [2.05, 4.69) is 0 Å². The summed E-state index contributed by atoms with van der Waals surface area (Å²) in [5, 5.41) is 0. The number of aryl methyl sites for hydroxylation is 1. The Morgan fingerprint density at radius 3 is 2.47 bits per heavy atom. The molecule has 0 saturated carbocycles. The van der Waals surface area contributed by atoms with Crippen LogP contribution >= 0.6 is 0 Å². The predicted molar refractivity (Wildman–Crippen MR) is 69.4 cm³/mol. The highest BCUT2D eigenvalue weighted by molar-refractivity contribution is 5.79. The van der Waals surface area contributed by atoms with Gasteiger partial charge >= 0.3 is 0 Å². The van der Waals surface area contributed by atoms with Crippen LogP contribution in [0.2, 0.25) is 0 Å². The molecule has 1 rings (SSSR count). The highest BCUT2D eigenvalue weighted by Gasteiger charge is 2.13. The summed E-state index contributed by atoms with van der Waals surface area (Å²) < 4.78 is 5.28. The maximum Gasteiger partial charge on any atom is 0.227 e. The minimum Gasteiger partial charge on any atom is -0.496 e. The molecule has 0 aromatic heterocycles. The fraction of sp³-hybridized carbons (Fsp3) is 0.500. The molecule has 1 amide bonds. The molecule has 0 fully saturated rings. The molecule has 94 valence electrons. The van der Waals surface area contributed by atoms with Crippen molar-refractivity contribution in [1.82, 2.24) is 4.90 Å². The number of rotatable bonds is 5. The molecule has 1 aromatic rings. The first-order valence-electron chi connectivity index (χ1n) is 6.03. The van der Waals surface area contributed by atoms with Gasteiger partial charge in [-0.05, 0) is 26.8 Å². The number of amides is 1. The number of hydrogen-bond acceptors (Lipinski definition) is 2. The Labute approximate surface area is 103 Å². The number of carbonyl (C=O) groups is 1. The summed E-state index contributed by atoms with van der Waals surface area (Å²) in [4.78, 5) is 13.9. The molecular formula is C14H21NO2. The van der Waals surface area contributed by atoms with E-state index in [1.807, 2.05) is 43.9 Å². The largest absolute Gasteiger partial charge is 0.496 e. The van der Waals surface area contributed by atoms with E-state index in [1.165, 1.54) is 0 Å². The van der Waals surface area contributed by atoms with Gasteiger partial charge in [-0.15, -0.1) is 0 Å². The lowest BCUT2D eigenvalue weighted by Gasteiger charge is -2.19. The maximum atomic E-state index is 12.0. The van der Waals surface area contributed by atoms with Crippen LogP contribution in [-0.2, 0) is 11.2 Å². The Morgan fingerprint density at radius 2 is 1.94 bits per heavy atom. The second kappa shape index (κ2) is 6.28. The zero-order valence-electron chi connectivity index (χ0n) is 11.1. The minimum atomic E-state index is 0.152. The van der Waals surface area contributed by atoms with Gasteiger partial charge in [0.1, 0.15) is 5.75 Å². The molecule has 0 spiro atoms. The van der Waals surface area contributed by atoms with Gasteiger partial charge in [0, 0.05) is 18.7 Å². The van der Waals surface area contributed by atoms with E-state index >= 15 is 0 Å². The molecule has 0 radical (unpaired) electrons. The highest BCUT2D eigenvalue weighted by atomic mass is 16.5. The Bertz CT molecular complexity index is 384. The van der Waals surface area contributed by atoms with Gasteiger partial charge in [-0.2, -0.15) is 0 Å². The molecule has 0 unspecified atom stereocenters. The lowest BCUT2D eigenvalue weighted by Crippen LogP contribution is -2.31. The standard InChI is InChI=1S/C14H21NO2/c1-5-15(6-2)14(16)10-12-9-11(3)7-8-13(12)17-4/h7-9H,5-6,10H2,1-4H3. The van der Waals surface area contributed by atoms with Crippen LogP contribution in [0.15, 0.2) is 18.2 Å². The van der Waals surface area contributed by atoms with Crippen molar-refractivity contribution in [3.05, 3.63) is 29.3 Å². The second-order valence-corrected chi connectivity index (χ2v) is 4.06. The van der Waals surface area contributed by atoms with Gasteiger partial charge in [0.05, 0.1) is 13.5 Å². The molecule has 0 saturated heterocycles. The monoisotopic (exact) mass is 235 g/mol. The van der Waals surface area contributed by atoms with Gasteiger partial charge in [0.15, 0.2) is 0 Å². The molecule has 0 heterocycles. The molecule has 0 bridgehead atoms. The number of methoxy groups -OCH3 is 1. The van der Waals surface area contributed by atoms with Crippen LogP contribution in [0, 0.1) is 6.92 Å². The van der Waals surface area contributed by atoms with Crippen molar-refractivity contribution in [2.45, 2.75) is 27.2 Å². The van der Waals surface area contributed by atoms with E-state index in [9.17, 15) is 4.79 Å². The quantitative estimate of drug-likeness (QED) is 0.784. The van der Waals surface area contributed by atoms with Gasteiger partial charge < -0.3 is 9.64 Å². The van der Waals surface area contributed by atoms with Gasteiger partial charge in [-0.1, -0.05) is 17.7 Å². The average molecular weight is 235 g/mol. The van der Waals surface area contributed by atoms with Crippen LogP contribution in [-0.4, -0.2) is 31.0 Å². The third kappa shape index (κ3) is 3.48. The summed E-state index contributed by atoms with van der Waals surface area (Å²) in [6.45, 7) is 7.52. The molecule has 0 atom stereocenters. The smallest absolute Gasteiger partial charge is 0.227 e. The summed E-state index contributed by atoms with van der Waals surface area (Å²) in [6.07, 6.45) is 0.409. The topological polar surface area (TPSA) is 29.5 Å². The fourth-order valence-electron chi connectivity index (χ4n) is 1.90. The maximum absolute atomic E-state index is 12.0. The van der Waals surface area contributed by atoms with Crippen molar-refractivity contribution < 1.29 is 9.53 Å². The number of nitrogens with zero attached hydrogens (tertiary/aromatic N) is 1. The van der Waals surface area contributed by atoms with Crippen LogP contribution in [0.4, 0.5) is 0 Å². The average Bonchev–Trinajstić information content (AvgIpc) is 2.31. The first-order chi connectivity index (χ1) is 8.12. The molecule has 0 N–H and O–H groups in total. The lowest BCUT2D eigenvalue weighted by molar-refractivity contribution is -0.130. The fourth-order valence-corrected chi connectivity index (χ4v) is 1.90. The number of hydrogen-bond donors (Lipinski definition) is 0. The summed E-state index contributed by atoms with van der Waals surface area (Å²) in [6, 6.07) is 5.92. The van der Waals surface area contributed by atoms with E-state index in [0.29, 0.717) is 6.42 Å².